The average Bonchev–Trinajstić information content (AvgIpc) is 2.44. The number of nitrogens with zero attached hydrogens (tertiary/aromatic N) is 1. The van der Waals surface area contributed by atoms with Crippen molar-refractivity contribution < 1.29 is 0 Å². The van der Waals surface area contributed by atoms with Crippen LogP contribution in [-0.4, -0.2) is 35.0 Å². The topological polar surface area (TPSA) is 15.3 Å². The molecule has 1 aromatic rings. The summed E-state index contributed by atoms with van der Waals surface area (Å²) in [6, 6.07) is 7.68. The summed E-state index contributed by atoms with van der Waals surface area (Å²) in [5.74, 6) is 1.28. The molecule has 2 nitrogen and oxygen atoms in total. The van der Waals surface area contributed by atoms with Crippen molar-refractivity contribution in [2.24, 2.45) is 0 Å². The summed E-state index contributed by atoms with van der Waals surface area (Å²) in [6.45, 7) is 8.20. The fraction of sp³-hybridized carbons (Fsp3) is 0.625. The van der Waals surface area contributed by atoms with Crippen LogP contribution in [0.25, 0.3) is 0 Å². The van der Waals surface area contributed by atoms with Crippen LogP contribution in [0.15, 0.2) is 18.2 Å². The number of nitrogens with one attached hydrogen (secondary N) is 1. The number of hydrogen-bond acceptors (Lipinski definition) is 3. The van der Waals surface area contributed by atoms with Gasteiger partial charge in [-0.2, -0.15) is 11.8 Å². The zero-order valence-corrected chi connectivity index (χ0v) is 12.8. The Hall–Kier alpha value is -0.670. The van der Waals surface area contributed by atoms with Crippen LogP contribution >= 0.6 is 11.8 Å². The fourth-order valence-corrected chi connectivity index (χ4v) is 4.24. The highest BCUT2D eigenvalue weighted by Gasteiger charge is 2.25. The third-order valence-electron chi connectivity index (χ3n) is 4.51. The van der Waals surface area contributed by atoms with Crippen molar-refractivity contribution in [3.05, 3.63) is 29.3 Å². The molecule has 2 unspecified atom stereocenters. The van der Waals surface area contributed by atoms with Gasteiger partial charge in [-0.3, -0.25) is 4.90 Å². The predicted octanol–water partition coefficient (Wildman–Crippen LogP) is 3.37. The van der Waals surface area contributed by atoms with Gasteiger partial charge in [0.2, 0.25) is 0 Å². The lowest BCUT2D eigenvalue weighted by Crippen LogP contribution is -2.43. The Morgan fingerprint density at radius 2 is 2.26 bits per heavy atom. The maximum Gasteiger partial charge on any atom is 0.0372 e. The molecule has 3 heteroatoms. The molecule has 104 valence electrons. The van der Waals surface area contributed by atoms with Crippen molar-refractivity contribution in [1.82, 2.24) is 4.90 Å². The second-order valence-corrected chi connectivity index (χ2v) is 7.29. The number of hydrogen-bond donors (Lipinski definition) is 1. The highest BCUT2D eigenvalue weighted by atomic mass is 32.2. The van der Waals surface area contributed by atoms with E-state index in [1.165, 1.54) is 42.0 Å². The van der Waals surface area contributed by atoms with Crippen molar-refractivity contribution in [1.29, 1.82) is 0 Å². The van der Waals surface area contributed by atoms with Crippen LogP contribution in [0, 0.1) is 0 Å². The molecule has 2 heterocycles. The molecule has 1 saturated heterocycles. The van der Waals surface area contributed by atoms with E-state index >= 15 is 0 Å². The molecule has 2 aliphatic heterocycles. The lowest BCUT2D eigenvalue weighted by atomic mass is 10.0. The van der Waals surface area contributed by atoms with Crippen molar-refractivity contribution in [3.8, 4) is 0 Å². The van der Waals surface area contributed by atoms with E-state index in [4.69, 9.17) is 0 Å². The maximum atomic E-state index is 3.49. The summed E-state index contributed by atoms with van der Waals surface area (Å²) in [7, 11) is 0. The number of anilines is 1. The quantitative estimate of drug-likeness (QED) is 0.891. The molecular formula is C16H24N2S. The number of benzene rings is 1. The highest BCUT2D eigenvalue weighted by molar-refractivity contribution is 8.00. The van der Waals surface area contributed by atoms with Gasteiger partial charge in [-0.15, -0.1) is 0 Å². The predicted molar refractivity (Wildman–Crippen MR) is 85.0 cm³/mol. The smallest absolute Gasteiger partial charge is 0.0372 e. The number of aryl methyl sites for hydroxylation is 1. The van der Waals surface area contributed by atoms with E-state index in [1.54, 1.807) is 0 Å². The van der Waals surface area contributed by atoms with Gasteiger partial charge in [0.25, 0.3) is 0 Å². The van der Waals surface area contributed by atoms with Crippen molar-refractivity contribution in [3.63, 3.8) is 0 Å². The zero-order chi connectivity index (χ0) is 13.2. The molecule has 1 fully saturated rings. The van der Waals surface area contributed by atoms with Gasteiger partial charge in [0, 0.05) is 42.4 Å². The summed E-state index contributed by atoms with van der Waals surface area (Å²) >= 11 is 2.11. The zero-order valence-electron chi connectivity index (χ0n) is 12.0. The maximum absolute atomic E-state index is 3.49. The number of fused-ring (bicyclic) bond motifs is 1. The Kier molecular flexibility index (Phi) is 4.04. The van der Waals surface area contributed by atoms with Crippen LogP contribution in [0.1, 0.15) is 31.4 Å². The van der Waals surface area contributed by atoms with Crippen LogP contribution in [0.4, 0.5) is 5.69 Å². The molecule has 1 aromatic carbocycles. The van der Waals surface area contributed by atoms with Gasteiger partial charge in [-0.25, -0.2) is 0 Å². The Balaban J connectivity index is 1.72. The highest BCUT2D eigenvalue weighted by Crippen LogP contribution is 2.27. The summed E-state index contributed by atoms with van der Waals surface area (Å²) in [5, 5.41) is 4.25. The molecule has 19 heavy (non-hydrogen) atoms. The Morgan fingerprint density at radius 1 is 1.37 bits per heavy atom. The van der Waals surface area contributed by atoms with Gasteiger partial charge in [0.1, 0.15) is 0 Å². The number of thioether (sulfide) groups is 1. The van der Waals surface area contributed by atoms with E-state index in [0.717, 1.165) is 18.3 Å². The van der Waals surface area contributed by atoms with Gasteiger partial charge in [-0.05, 0) is 37.0 Å². The Morgan fingerprint density at radius 3 is 3.16 bits per heavy atom. The Bertz CT molecular complexity index is 446. The molecule has 0 radical (unpaired) electrons. The van der Waals surface area contributed by atoms with E-state index in [1.807, 2.05) is 0 Å². The first kappa shape index (κ1) is 13.3. The minimum Gasteiger partial charge on any atom is -0.385 e. The van der Waals surface area contributed by atoms with E-state index in [-0.39, 0.29) is 0 Å². The third kappa shape index (κ3) is 2.92. The molecule has 2 atom stereocenters. The first-order valence-corrected chi connectivity index (χ1v) is 8.50. The second-order valence-electron chi connectivity index (χ2n) is 5.81. The van der Waals surface area contributed by atoms with E-state index < -0.39 is 0 Å². The SMILES string of the molecule is CC1SCCN(Cc2ccc3c(c2)CCCN3)C1C. The summed E-state index contributed by atoms with van der Waals surface area (Å²) in [5.41, 5.74) is 4.34. The standard InChI is InChI=1S/C16H24N2S/c1-12-13(2)19-9-8-18(12)11-14-5-6-16-15(10-14)4-3-7-17-16/h5-6,10,12-13,17H,3-4,7-9,11H2,1-2H3. The van der Waals surface area contributed by atoms with Gasteiger partial charge in [0.15, 0.2) is 0 Å². The fourth-order valence-electron chi connectivity index (χ4n) is 3.08. The minimum absolute atomic E-state index is 0.688. The Labute approximate surface area is 121 Å². The molecular weight excluding hydrogens is 252 g/mol. The van der Waals surface area contributed by atoms with Crippen molar-refractivity contribution in [2.45, 2.75) is 44.5 Å². The van der Waals surface area contributed by atoms with Crippen LogP contribution in [0.2, 0.25) is 0 Å². The molecule has 0 saturated carbocycles. The van der Waals surface area contributed by atoms with Gasteiger partial charge >= 0.3 is 0 Å². The molecule has 3 rings (SSSR count). The molecule has 2 aliphatic rings. The lowest BCUT2D eigenvalue weighted by Gasteiger charge is -2.37. The molecule has 0 bridgehead atoms. The van der Waals surface area contributed by atoms with E-state index in [9.17, 15) is 0 Å². The summed E-state index contributed by atoms with van der Waals surface area (Å²) in [4.78, 5) is 2.64. The average molecular weight is 276 g/mol. The van der Waals surface area contributed by atoms with Crippen LogP contribution in [-0.2, 0) is 13.0 Å². The normalized spacial score (nSPS) is 27.7. The molecule has 1 N–H and O–H groups in total. The van der Waals surface area contributed by atoms with Gasteiger partial charge < -0.3 is 5.32 Å². The summed E-state index contributed by atoms with van der Waals surface area (Å²) < 4.78 is 0. The van der Waals surface area contributed by atoms with Gasteiger partial charge in [0.05, 0.1) is 0 Å². The molecule has 0 aliphatic carbocycles. The lowest BCUT2D eigenvalue weighted by molar-refractivity contribution is 0.204. The van der Waals surface area contributed by atoms with Crippen molar-refractivity contribution in [2.75, 3.05) is 24.2 Å². The van der Waals surface area contributed by atoms with Gasteiger partial charge in [-0.1, -0.05) is 19.1 Å². The molecule has 0 aromatic heterocycles. The second kappa shape index (κ2) is 5.76. The van der Waals surface area contributed by atoms with Crippen LogP contribution in [0.3, 0.4) is 0 Å². The first-order valence-electron chi connectivity index (χ1n) is 7.45. The van der Waals surface area contributed by atoms with E-state index in [0.29, 0.717) is 6.04 Å². The largest absolute Gasteiger partial charge is 0.385 e. The molecule has 0 spiro atoms. The first-order chi connectivity index (χ1) is 9.24. The summed E-state index contributed by atoms with van der Waals surface area (Å²) in [6.07, 6.45) is 2.50. The monoisotopic (exact) mass is 276 g/mol. The molecule has 0 amide bonds. The minimum atomic E-state index is 0.688. The number of rotatable bonds is 2. The van der Waals surface area contributed by atoms with E-state index in [2.05, 4.69) is 54.0 Å². The van der Waals surface area contributed by atoms with Crippen LogP contribution < -0.4 is 5.32 Å². The van der Waals surface area contributed by atoms with Crippen molar-refractivity contribution >= 4 is 17.4 Å². The third-order valence-corrected chi connectivity index (χ3v) is 5.85. The van der Waals surface area contributed by atoms with Crippen LogP contribution in [0.5, 0.6) is 0 Å².